The summed E-state index contributed by atoms with van der Waals surface area (Å²) < 4.78 is 13.6. The van der Waals surface area contributed by atoms with Gasteiger partial charge in [0.1, 0.15) is 5.82 Å². The fourth-order valence-electron chi connectivity index (χ4n) is 1.75. The zero-order valence-corrected chi connectivity index (χ0v) is 11.9. The maximum Gasteiger partial charge on any atom is 0.137 e. The maximum atomic E-state index is 13.1. The maximum absolute atomic E-state index is 13.1. The number of hydrogen-bond donors (Lipinski definition) is 1. The van der Waals surface area contributed by atoms with Gasteiger partial charge in [-0.05, 0) is 57.7 Å². The van der Waals surface area contributed by atoms with Crippen LogP contribution in [0.25, 0.3) is 0 Å². The van der Waals surface area contributed by atoms with Crippen LogP contribution in [0.3, 0.4) is 0 Å². The number of halogens is 3. The predicted octanol–water partition coefficient (Wildman–Crippen LogP) is 4.48. The average Bonchev–Trinajstić information content (AvgIpc) is 2.34. The predicted molar refractivity (Wildman–Crippen MR) is 76.2 cm³/mol. The SMILES string of the molecule is NC(Cc1ccc(F)c(Br)c1)c1ccc(Cl)cc1. The van der Waals surface area contributed by atoms with Crippen molar-refractivity contribution in [2.75, 3.05) is 0 Å². The lowest BCUT2D eigenvalue weighted by molar-refractivity contribution is 0.618. The minimum atomic E-state index is -0.265. The second kappa shape index (κ2) is 5.83. The van der Waals surface area contributed by atoms with E-state index < -0.39 is 0 Å². The van der Waals surface area contributed by atoms with Crippen LogP contribution in [-0.4, -0.2) is 0 Å². The summed E-state index contributed by atoms with van der Waals surface area (Å²) in [5, 5.41) is 0.690. The summed E-state index contributed by atoms with van der Waals surface area (Å²) >= 11 is 8.99. The highest BCUT2D eigenvalue weighted by molar-refractivity contribution is 9.10. The fourth-order valence-corrected chi connectivity index (χ4v) is 2.30. The highest BCUT2D eigenvalue weighted by Crippen LogP contribution is 2.22. The van der Waals surface area contributed by atoms with Crippen LogP contribution in [0.1, 0.15) is 17.2 Å². The summed E-state index contributed by atoms with van der Waals surface area (Å²) in [5.41, 5.74) is 8.12. The molecule has 94 valence electrons. The first kappa shape index (κ1) is 13.5. The first-order chi connectivity index (χ1) is 8.56. The van der Waals surface area contributed by atoms with Crippen LogP contribution in [0.4, 0.5) is 4.39 Å². The van der Waals surface area contributed by atoms with E-state index in [1.165, 1.54) is 6.07 Å². The zero-order chi connectivity index (χ0) is 13.1. The number of nitrogens with two attached hydrogens (primary N) is 1. The molecule has 0 fully saturated rings. The van der Waals surface area contributed by atoms with Crippen LogP contribution in [-0.2, 0) is 6.42 Å². The van der Waals surface area contributed by atoms with Gasteiger partial charge in [0.15, 0.2) is 0 Å². The molecular formula is C14H12BrClFN. The summed E-state index contributed by atoms with van der Waals surface area (Å²) in [7, 11) is 0. The molecule has 2 aromatic rings. The Morgan fingerprint density at radius 2 is 1.83 bits per heavy atom. The molecule has 0 amide bonds. The largest absolute Gasteiger partial charge is 0.324 e. The Balaban J connectivity index is 2.13. The summed E-state index contributed by atoms with van der Waals surface area (Å²) in [5.74, 6) is -0.265. The molecule has 1 atom stereocenters. The van der Waals surface area contributed by atoms with Gasteiger partial charge in [-0.3, -0.25) is 0 Å². The van der Waals surface area contributed by atoms with E-state index in [0.29, 0.717) is 15.9 Å². The molecule has 0 heterocycles. The van der Waals surface area contributed by atoms with Gasteiger partial charge in [0, 0.05) is 11.1 Å². The van der Waals surface area contributed by atoms with Crippen LogP contribution in [0.15, 0.2) is 46.9 Å². The normalized spacial score (nSPS) is 12.4. The minimum Gasteiger partial charge on any atom is -0.324 e. The third-order valence-corrected chi connectivity index (χ3v) is 3.60. The average molecular weight is 329 g/mol. The smallest absolute Gasteiger partial charge is 0.137 e. The quantitative estimate of drug-likeness (QED) is 0.883. The van der Waals surface area contributed by atoms with Crippen molar-refractivity contribution in [1.29, 1.82) is 0 Å². The van der Waals surface area contributed by atoms with Crippen molar-refractivity contribution in [2.24, 2.45) is 5.73 Å². The number of rotatable bonds is 3. The van der Waals surface area contributed by atoms with Gasteiger partial charge in [0.05, 0.1) is 4.47 Å². The van der Waals surface area contributed by atoms with E-state index in [9.17, 15) is 4.39 Å². The molecule has 2 N–H and O–H groups in total. The summed E-state index contributed by atoms with van der Waals surface area (Å²) in [6, 6.07) is 12.3. The van der Waals surface area contributed by atoms with E-state index in [1.54, 1.807) is 12.1 Å². The molecule has 2 aromatic carbocycles. The minimum absolute atomic E-state index is 0.125. The Bertz CT molecular complexity index is 542. The lowest BCUT2D eigenvalue weighted by Crippen LogP contribution is -2.13. The van der Waals surface area contributed by atoms with Gasteiger partial charge in [0.2, 0.25) is 0 Å². The second-order valence-electron chi connectivity index (χ2n) is 4.11. The van der Waals surface area contributed by atoms with Crippen molar-refractivity contribution in [2.45, 2.75) is 12.5 Å². The Hall–Kier alpha value is -0.900. The van der Waals surface area contributed by atoms with Crippen molar-refractivity contribution in [3.05, 3.63) is 68.9 Å². The van der Waals surface area contributed by atoms with Crippen molar-refractivity contribution in [1.82, 2.24) is 0 Å². The van der Waals surface area contributed by atoms with Crippen molar-refractivity contribution in [3.8, 4) is 0 Å². The molecule has 0 spiro atoms. The van der Waals surface area contributed by atoms with E-state index in [-0.39, 0.29) is 11.9 Å². The highest BCUT2D eigenvalue weighted by atomic mass is 79.9. The lowest BCUT2D eigenvalue weighted by atomic mass is 10.00. The van der Waals surface area contributed by atoms with Gasteiger partial charge in [-0.15, -0.1) is 0 Å². The molecular weight excluding hydrogens is 317 g/mol. The zero-order valence-electron chi connectivity index (χ0n) is 9.54. The third-order valence-electron chi connectivity index (χ3n) is 2.74. The Morgan fingerprint density at radius 1 is 1.17 bits per heavy atom. The highest BCUT2D eigenvalue weighted by Gasteiger charge is 2.08. The van der Waals surface area contributed by atoms with E-state index >= 15 is 0 Å². The number of hydrogen-bond acceptors (Lipinski definition) is 1. The van der Waals surface area contributed by atoms with Crippen LogP contribution in [0, 0.1) is 5.82 Å². The summed E-state index contributed by atoms with van der Waals surface area (Å²) in [6.07, 6.45) is 0.653. The van der Waals surface area contributed by atoms with Gasteiger partial charge in [-0.1, -0.05) is 29.8 Å². The fraction of sp³-hybridized carbons (Fsp3) is 0.143. The molecule has 0 radical (unpaired) electrons. The monoisotopic (exact) mass is 327 g/mol. The van der Waals surface area contributed by atoms with E-state index in [4.69, 9.17) is 17.3 Å². The van der Waals surface area contributed by atoms with Crippen molar-refractivity contribution < 1.29 is 4.39 Å². The third kappa shape index (κ3) is 3.31. The Labute approximate surface area is 119 Å². The van der Waals surface area contributed by atoms with Gasteiger partial charge in [-0.2, -0.15) is 0 Å². The first-order valence-electron chi connectivity index (χ1n) is 5.51. The molecule has 0 aromatic heterocycles. The molecule has 0 saturated heterocycles. The molecule has 0 bridgehead atoms. The standard InChI is InChI=1S/C14H12BrClFN/c15-12-7-9(1-6-13(12)17)8-14(18)10-2-4-11(16)5-3-10/h1-7,14H,8,18H2. The molecule has 0 saturated carbocycles. The molecule has 0 aliphatic rings. The first-order valence-corrected chi connectivity index (χ1v) is 6.68. The van der Waals surface area contributed by atoms with Crippen molar-refractivity contribution >= 4 is 27.5 Å². The van der Waals surface area contributed by atoms with Gasteiger partial charge < -0.3 is 5.73 Å². The molecule has 0 aliphatic heterocycles. The molecule has 18 heavy (non-hydrogen) atoms. The Morgan fingerprint density at radius 3 is 2.44 bits per heavy atom. The van der Waals surface area contributed by atoms with E-state index in [0.717, 1.165) is 11.1 Å². The molecule has 0 aliphatic carbocycles. The molecule has 2 rings (SSSR count). The van der Waals surface area contributed by atoms with Crippen LogP contribution in [0.5, 0.6) is 0 Å². The molecule has 1 nitrogen and oxygen atoms in total. The van der Waals surface area contributed by atoms with E-state index in [1.807, 2.05) is 24.3 Å². The summed E-state index contributed by atoms with van der Waals surface area (Å²) in [4.78, 5) is 0. The Kier molecular flexibility index (Phi) is 4.38. The molecule has 4 heteroatoms. The van der Waals surface area contributed by atoms with Crippen LogP contribution in [0.2, 0.25) is 5.02 Å². The summed E-state index contributed by atoms with van der Waals surface area (Å²) in [6.45, 7) is 0. The van der Waals surface area contributed by atoms with Crippen molar-refractivity contribution in [3.63, 3.8) is 0 Å². The van der Waals surface area contributed by atoms with Gasteiger partial charge in [0.25, 0.3) is 0 Å². The topological polar surface area (TPSA) is 26.0 Å². The number of benzene rings is 2. The van der Waals surface area contributed by atoms with E-state index in [2.05, 4.69) is 15.9 Å². The van der Waals surface area contributed by atoms with Gasteiger partial charge >= 0.3 is 0 Å². The van der Waals surface area contributed by atoms with Crippen LogP contribution < -0.4 is 5.73 Å². The lowest BCUT2D eigenvalue weighted by Gasteiger charge is -2.12. The molecule has 1 unspecified atom stereocenters. The van der Waals surface area contributed by atoms with Gasteiger partial charge in [-0.25, -0.2) is 4.39 Å². The second-order valence-corrected chi connectivity index (χ2v) is 5.40. The van der Waals surface area contributed by atoms with Crippen LogP contribution >= 0.6 is 27.5 Å².